The summed E-state index contributed by atoms with van der Waals surface area (Å²) in [6.45, 7) is 11.0. The van der Waals surface area contributed by atoms with Crippen molar-refractivity contribution in [3.05, 3.63) is 0 Å². The lowest BCUT2D eigenvalue weighted by Crippen LogP contribution is -2.32. The van der Waals surface area contributed by atoms with Gasteiger partial charge >= 0.3 is 11.9 Å². The lowest BCUT2D eigenvalue weighted by molar-refractivity contribution is -0.149. The number of hydrogen-bond donors (Lipinski definition) is 2. The van der Waals surface area contributed by atoms with E-state index in [0.29, 0.717) is 18.3 Å². The Hall–Kier alpha value is -1.06. The molecule has 0 rings (SSSR count). The maximum Gasteiger partial charge on any atom is 0.307 e. The van der Waals surface area contributed by atoms with Crippen molar-refractivity contribution in [2.75, 3.05) is 0 Å². The number of carboxylic acids is 2. The van der Waals surface area contributed by atoms with E-state index in [1.807, 2.05) is 0 Å². The van der Waals surface area contributed by atoms with Crippen LogP contribution in [0.25, 0.3) is 0 Å². The van der Waals surface area contributed by atoms with Crippen molar-refractivity contribution in [1.82, 2.24) is 0 Å². The van der Waals surface area contributed by atoms with Crippen LogP contribution in [0.1, 0.15) is 92.4 Å². The average molecular weight is 343 g/mol. The third-order valence-corrected chi connectivity index (χ3v) is 5.33. The van der Waals surface area contributed by atoms with E-state index in [9.17, 15) is 14.7 Å². The molecule has 0 heterocycles. The molecule has 0 fully saturated rings. The van der Waals surface area contributed by atoms with Crippen LogP contribution in [0.5, 0.6) is 0 Å². The summed E-state index contributed by atoms with van der Waals surface area (Å²) in [4.78, 5) is 22.7. The van der Waals surface area contributed by atoms with E-state index >= 15 is 0 Å². The first-order valence-electron chi connectivity index (χ1n) is 9.64. The summed E-state index contributed by atoms with van der Waals surface area (Å²) in [6.07, 6.45) is 7.64. The van der Waals surface area contributed by atoms with Crippen molar-refractivity contribution in [2.45, 2.75) is 92.4 Å². The first kappa shape index (κ1) is 22.9. The third-order valence-electron chi connectivity index (χ3n) is 5.33. The second-order valence-corrected chi connectivity index (χ2v) is 7.89. The average Bonchev–Trinajstić information content (AvgIpc) is 2.46. The lowest BCUT2D eigenvalue weighted by Gasteiger charge is -2.39. The van der Waals surface area contributed by atoms with Gasteiger partial charge in [0.15, 0.2) is 0 Å². The van der Waals surface area contributed by atoms with Gasteiger partial charge in [0.05, 0.1) is 12.3 Å². The van der Waals surface area contributed by atoms with Gasteiger partial charge in [-0.05, 0) is 36.5 Å². The summed E-state index contributed by atoms with van der Waals surface area (Å²) in [6, 6.07) is 0. The molecule has 0 aliphatic carbocycles. The van der Waals surface area contributed by atoms with Crippen LogP contribution in [-0.2, 0) is 9.59 Å². The van der Waals surface area contributed by atoms with Gasteiger partial charge in [-0.25, -0.2) is 0 Å². The van der Waals surface area contributed by atoms with E-state index in [1.165, 1.54) is 0 Å². The molecule has 3 atom stereocenters. The SMILES string of the molecule is CCCC(C)CC(CC)(CC(C)CCC)CC(CC(=O)O)C(=O)O. The Morgan fingerprint density at radius 3 is 1.62 bits per heavy atom. The van der Waals surface area contributed by atoms with E-state index in [4.69, 9.17) is 5.11 Å². The minimum absolute atomic E-state index is 0.0678. The van der Waals surface area contributed by atoms with Crippen molar-refractivity contribution < 1.29 is 19.8 Å². The Kier molecular flexibility index (Phi) is 11.0. The lowest BCUT2D eigenvalue weighted by atomic mass is 9.66. The molecule has 0 aromatic carbocycles. The smallest absolute Gasteiger partial charge is 0.307 e. The van der Waals surface area contributed by atoms with Crippen LogP contribution < -0.4 is 0 Å². The molecule has 2 N–H and O–H groups in total. The van der Waals surface area contributed by atoms with E-state index < -0.39 is 17.9 Å². The number of hydrogen-bond acceptors (Lipinski definition) is 2. The molecule has 0 aromatic heterocycles. The molecule has 24 heavy (non-hydrogen) atoms. The van der Waals surface area contributed by atoms with Crippen LogP contribution in [-0.4, -0.2) is 22.2 Å². The highest BCUT2D eigenvalue weighted by atomic mass is 16.4. The molecule has 3 unspecified atom stereocenters. The fourth-order valence-corrected chi connectivity index (χ4v) is 4.33. The number of carbonyl (C=O) groups is 2. The molecule has 4 nitrogen and oxygen atoms in total. The molecule has 0 bridgehead atoms. The number of rotatable bonds is 14. The molecule has 0 saturated heterocycles. The molecule has 0 aliphatic heterocycles. The molecular weight excluding hydrogens is 304 g/mol. The van der Waals surface area contributed by atoms with Crippen molar-refractivity contribution in [3.8, 4) is 0 Å². The molecule has 0 aromatic rings. The third kappa shape index (κ3) is 8.70. The van der Waals surface area contributed by atoms with E-state index in [2.05, 4.69) is 34.6 Å². The predicted molar refractivity (Wildman–Crippen MR) is 98.1 cm³/mol. The van der Waals surface area contributed by atoms with Gasteiger partial charge in [0.25, 0.3) is 0 Å². The van der Waals surface area contributed by atoms with Crippen molar-refractivity contribution >= 4 is 11.9 Å². The summed E-state index contributed by atoms with van der Waals surface area (Å²) in [5, 5.41) is 18.6. The minimum atomic E-state index is -1.02. The minimum Gasteiger partial charge on any atom is -0.481 e. The maximum absolute atomic E-state index is 11.6. The number of aliphatic carboxylic acids is 2. The van der Waals surface area contributed by atoms with E-state index in [0.717, 1.165) is 44.9 Å². The molecule has 0 radical (unpaired) electrons. The predicted octanol–water partition coefficient (Wildman–Crippen LogP) is 5.60. The fraction of sp³-hybridized carbons (Fsp3) is 0.900. The molecule has 0 aliphatic rings. The van der Waals surface area contributed by atoms with Crippen LogP contribution in [0.3, 0.4) is 0 Å². The van der Waals surface area contributed by atoms with Crippen LogP contribution in [0.15, 0.2) is 0 Å². The quantitative estimate of drug-likeness (QED) is 0.431. The Labute approximate surface area is 148 Å². The van der Waals surface area contributed by atoms with Crippen molar-refractivity contribution in [3.63, 3.8) is 0 Å². The van der Waals surface area contributed by atoms with Gasteiger partial charge < -0.3 is 10.2 Å². The summed E-state index contributed by atoms with van der Waals surface area (Å²) in [5.41, 5.74) is -0.0678. The van der Waals surface area contributed by atoms with Gasteiger partial charge in [-0.1, -0.05) is 66.7 Å². The monoisotopic (exact) mass is 342 g/mol. The topological polar surface area (TPSA) is 74.6 Å². The van der Waals surface area contributed by atoms with Crippen LogP contribution in [0.2, 0.25) is 0 Å². The Morgan fingerprint density at radius 1 is 0.875 bits per heavy atom. The van der Waals surface area contributed by atoms with Gasteiger partial charge in [-0.15, -0.1) is 0 Å². The molecule has 0 saturated carbocycles. The van der Waals surface area contributed by atoms with Gasteiger partial charge in [-0.2, -0.15) is 0 Å². The van der Waals surface area contributed by atoms with E-state index in [-0.39, 0.29) is 11.8 Å². The standard InChI is InChI=1S/C20H38O4/c1-6-9-15(4)12-20(8-3,13-16(5)10-7-2)14-17(19(23)24)11-18(21)22/h15-17H,6-14H2,1-5H3,(H,21,22)(H,23,24). The summed E-state index contributed by atoms with van der Waals surface area (Å²) in [5.74, 6) is -1.69. The van der Waals surface area contributed by atoms with Gasteiger partial charge in [0, 0.05) is 0 Å². The van der Waals surface area contributed by atoms with Crippen LogP contribution in [0.4, 0.5) is 0 Å². The summed E-state index contributed by atoms with van der Waals surface area (Å²) in [7, 11) is 0. The van der Waals surface area contributed by atoms with Gasteiger partial charge in [-0.3, -0.25) is 9.59 Å². The van der Waals surface area contributed by atoms with Gasteiger partial charge in [0.1, 0.15) is 0 Å². The van der Waals surface area contributed by atoms with Crippen LogP contribution >= 0.6 is 0 Å². The normalized spacial score (nSPS) is 17.7. The second kappa shape index (κ2) is 11.5. The highest BCUT2D eigenvalue weighted by Gasteiger charge is 2.37. The molecule has 142 valence electrons. The second-order valence-electron chi connectivity index (χ2n) is 7.89. The molecular formula is C20H38O4. The fourth-order valence-electron chi connectivity index (χ4n) is 4.33. The Morgan fingerprint density at radius 2 is 1.33 bits per heavy atom. The first-order chi connectivity index (χ1) is 11.2. The summed E-state index contributed by atoms with van der Waals surface area (Å²) < 4.78 is 0. The Balaban J connectivity index is 5.36. The zero-order chi connectivity index (χ0) is 18.8. The molecule has 0 amide bonds. The highest BCUT2D eigenvalue weighted by molar-refractivity contribution is 5.77. The van der Waals surface area contributed by atoms with E-state index in [1.54, 1.807) is 0 Å². The highest BCUT2D eigenvalue weighted by Crippen LogP contribution is 2.44. The zero-order valence-corrected chi connectivity index (χ0v) is 16.3. The number of carboxylic acid groups (broad SMARTS) is 2. The van der Waals surface area contributed by atoms with Crippen LogP contribution in [0, 0.1) is 23.2 Å². The molecule has 4 heteroatoms. The zero-order valence-electron chi connectivity index (χ0n) is 16.3. The maximum atomic E-state index is 11.6. The first-order valence-corrected chi connectivity index (χ1v) is 9.64. The van der Waals surface area contributed by atoms with Crippen molar-refractivity contribution in [1.29, 1.82) is 0 Å². The van der Waals surface area contributed by atoms with Gasteiger partial charge in [0.2, 0.25) is 0 Å². The Bertz CT molecular complexity index is 364. The summed E-state index contributed by atoms with van der Waals surface area (Å²) >= 11 is 0. The largest absolute Gasteiger partial charge is 0.481 e. The molecule has 0 spiro atoms. The van der Waals surface area contributed by atoms with Crippen molar-refractivity contribution in [2.24, 2.45) is 23.2 Å².